The highest BCUT2D eigenvalue weighted by atomic mass is 79.9. The first kappa shape index (κ1) is 27.3. The van der Waals surface area contributed by atoms with E-state index in [4.69, 9.17) is 18.9 Å². The van der Waals surface area contributed by atoms with Crippen LogP contribution >= 0.6 is 15.9 Å². The zero-order chi connectivity index (χ0) is 24.0. The van der Waals surface area contributed by atoms with Crippen LogP contribution in [0.4, 0.5) is 0 Å². The number of hydrogen-bond acceptors (Lipinski definition) is 6. The van der Waals surface area contributed by atoms with Crippen LogP contribution in [0.1, 0.15) is 49.7 Å². The molecule has 0 aliphatic carbocycles. The van der Waals surface area contributed by atoms with Crippen LogP contribution in [-0.4, -0.2) is 56.2 Å². The highest BCUT2D eigenvalue weighted by Crippen LogP contribution is 2.18. The van der Waals surface area contributed by atoms with Gasteiger partial charge in [-0.05, 0) is 74.0 Å². The third kappa shape index (κ3) is 9.78. The molecule has 0 spiro atoms. The lowest BCUT2D eigenvalue weighted by Gasteiger charge is -2.22. The Morgan fingerprint density at radius 3 is 1.82 bits per heavy atom. The molecule has 2 heterocycles. The highest BCUT2D eigenvalue weighted by Gasteiger charge is 2.17. The molecule has 2 saturated heterocycles. The first-order chi connectivity index (χ1) is 16.6. The van der Waals surface area contributed by atoms with E-state index in [-0.39, 0.29) is 12.6 Å². The lowest BCUT2D eigenvalue weighted by atomic mass is 9.76. The number of ether oxygens (including phenoxy) is 4. The third-order valence-electron chi connectivity index (χ3n) is 5.92. The van der Waals surface area contributed by atoms with Gasteiger partial charge in [0.05, 0.1) is 13.2 Å². The van der Waals surface area contributed by atoms with Crippen LogP contribution in [0, 0.1) is 0 Å². The maximum atomic E-state index is 9.24. The van der Waals surface area contributed by atoms with Crippen LogP contribution in [0.5, 0.6) is 0 Å². The summed E-state index contributed by atoms with van der Waals surface area (Å²) in [4.78, 5) is 0. The molecule has 0 amide bonds. The Balaban J connectivity index is 0.000000192. The lowest BCUT2D eigenvalue weighted by Crippen LogP contribution is -2.33. The summed E-state index contributed by atoms with van der Waals surface area (Å²) in [5.74, 6) is 0. The molecule has 8 heteroatoms. The van der Waals surface area contributed by atoms with Gasteiger partial charge in [-0.2, -0.15) is 0 Å². The fourth-order valence-corrected chi connectivity index (χ4v) is 4.48. The maximum Gasteiger partial charge on any atom is 0.488 e. The normalized spacial score (nSPS) is 20.3. The predicted molar refractivity (Wildman–Crippen MR) is 137 cm³/mol. The van der Waals surface area contributed by atoms with Crippen LogP contribution in [0.15, 0.2) is 53.0 Å². The van der Waals surface area contributed by atoms with Gasteiger partial charge < -0.3 is 29.0 Å². The molecule has 0 bridgehead atoms. The van der Waals surface area contributed by atoms with E-state index in [0.717, 1.165) is 62.0 Å². The molecular formula is C26H36BBrO6. The van der Waals surface area contributed by atoms with Crippen LogP contribution in [-0.2, 0) is 31.8 Å². The summed E-state index contributed by atoms with van der Waals surface area (Å²) in [6, 6.07) is 15.6. The second-order valence-corrected chi connectivity index (χ2v) is 9.35. The Morgan fingerprint density at radius 2 is 1.29 bits per heavy atom. The summed E-state index contributed by atoms with van der Waals surface area (Å²) >= 11 is 3.54. The summed E-state index contributed by atoms with van der Waals surface area (Å²) in [7, 11) is -1.42. The van der Waals surface area contributed by atoms with Crippen LogP contribution in [0.25, 0.3) is 0 Å². The molecule has 2 aliphatic rings. The molecule has 2 fully saturated rings. The summed E-state index contributed by atoms with van der Waals surface area (Å²) in [6.45, 7) is 2.89. The van der Waals surface area contributed by atoms with Gasteiger partial charge in [0.25, 0.3) is 0 Å². The smallest absolute Gasteiger partial charge is 0.423 e. The Hall–Kier alpha value is -1.26. The second kappa shape index (κ2) is 15.7. The van der Waals surface area contributed by atoms with Crippen molar-refractivity contribution >= 4 is 28.5 Å². The van der Waals surface area contributed by atoms with Gasteiger partial charge in [0, 0.05) is 17.7 Å². The van der Waals surface area contributed by atoms with Gasteiger partial charge >= 0.3 is 7.12 Å². The number of rotatable bonds is 9. The molecule has 0 radical (unpaired) electrons. The Bertz CT molecular complexity index is 824. The van der Waals surface area contributed by atoms with E-state index >= 15 is 0 Å². The standard InChI is InChI=1S/C13H19BO4.C13H17BrO2/c15-14(16)12-6-2-1-5-11(12)8-10-18-13-7-3-4-9-17-13;14-12-6-2-1-5-11(12)8-10-16-13-7-3-4-9-15-13/h1-2,5-6,13,15-16H,3-4,7-10H2;1-2,5-6,13H,3-4,7-10H2. The van der Waals surface area contributed by atoms with Crippen LogP contribution in [0.2, 0.25) is 0 Å². The van der Waals surface area contributed by atoms with Crippen molar-refractivity contribution in [3.8, 4) is 0 Å². The lowest BCUT2D eigenvalue weighted by molar-refractivity contribution is -0.161. The summed E-state index contributed by atoms with van der Waals surface area (Å²) in [5.41, 5.74) is 2.74. The van der Waals surface area contributed by atoms with E-state index in [0.29, 0.717) is 18.5 Å². The summed E-state index contributed by atoms with van der Waals surface area (Å²) in [6.07, 6.45) is 8.16. The molecular weight excluding hydrogens is 499 g/mol. The minimum atomic E-state index is -1.42. The molecule has 2 atom stereocenters. The molecule has 2 aromatic rings. The largest absolute Gasteiger partial charge is 0.488 e. The second-order valence-electron chi connectivity index (χ2n) is 8.50. The van der Waals surface area contributed by atoms with E-state index in [1.165, 1.54) is 18.4 Å². The molecule has 2 unspecified atom stereocenters. The van der Waals surface area contributed by atoms with E-state index in [2.05, 4.69) is 34.1 Å². The highest BCUT2D eigenvalue weighted by molar-refractivity contribution is 9.10. The zero-order valence-electron chi connectivity index (χ0n) is 19.7. The minimum Gasteiger partial charge on any atom is -0.423 e. The van der Waals surface area contributed by atoms with Gasteiger partial charge in [0.1, 0.15) is 0 Å². The minimum absolute atomic E-state index is 0.0243. The van der Waals surface area contributed by atoms with Crippen LogP contribution in [0.3, 0.4) is 0 Å². The van der Waals surface area contributed by atoms with E-state index in [1.807, 2.05) is 18.2 Å². The van der Waals surface area contributed by atoms with Gasteiger partial charge in [0.2, 0.25) is 0 Å². The fraction of sp³-hybridized carbons (Fsp3) is 0.538. The van der Waals surface area contributed by atoms with Gasteiger partial charge in [0.15, 0.2) is 12.6 Å². The van der Waals surface area contributed by atoms with Crippen molar-refractivity contribution in [1.82, 2.24) is 0 Å². The Labute approximate surface area is 211 Å². The van der Waals surface area contributed by atoms with Gasteiger partial charge in [-0.25, -0.2) is 0 Å². The van der Waals surface area contributed by atoms with Crippen molar-refractivity contribution in [3.05, 3.63) is 64.1 Å². The van der Waals surface area contributed by atoms with Crippen molar-refractivity contribution < 1.29 is 29.0 Å². The van der Waals surface area contributed by atoms with Gasteiger partial charge in [-0.1, -0.05) is 58.4 Å². The summed E-state index contributed by atoms with van der Waals surface area (Å²) < 4.78 is 23.5. The number of hydrogen-bond donors (Lipinski definition) is 2. The molecule has 186 valence electrons. The molecule has 0 aromatic heterocycles. The van der Waals surface area contributed by atoms with Crippen LogP contribution < -0.4 is 5.46 Å². The molecule has 2 N–H and O–H groups in total. The average Bonchev–Trinajstić information content (AvgIpc) is 2.87. The predicted octanol–water partition coefficient (Wildman–Crippen LogP) is 3.99. The van der Waals surface area contributed by atoms with E-state index < -0.39 is 7.12 Å². The molecule has 2 aliphatic heterocycles. The van der Waals surface area contributed by atoms with Crippen molar-refractivity contribution in [3.63, 3.8) is 0 Å². The van der Waals surface area contributed by atoms with Gasteiger partial charge in [-0.15, -0.1) is 0 Å². The van der Waals surface area contributed by atoms with E-state index in [9.17, 15) is 10.0 Å². The molecule has 0 saturated carbocycles. The van der Waals surface area contributed by atoms with Crippen molar-refractivity contribution in [1.29, 1.82) is 0 Å². The van der Waals surface area contributed by atoms with E-state index in [1.54, 1.807) is 12.1 Å². The van der Waals surface area contributed by atoms with Crippen molar-refractivity contribution in [2.24, 2.45) is 0 Å². The maximum absolute atomic E-state index is 9.24. The average molecular weight is 535 g/mol. The first-order valence-electron chi connectivity index (χ1n) is 12.3. The van der Waals surface area contributed by atoms with Gasteiger partial charge in [-0.3, -0.25) is 0 Å². The topological polar surface area (TPSA) is 77.4 Å². The molecule has 34 heavy (non-hydrogen) atoms. The number of benzene rings is 2. The molecule has 4 rings (SSSR count). The number of halogens is 1. The fourth-order valence-electron chi connectivity index (χ4n) is 4.00. The monoisotopic (exact) mass is 534 g/mol. The first-order valence-corrected chi connectivity index (χ1v) is 13.1. The Kier molecular flexibility index (Phi) is 12.6. The Morgan fingerprint density at radius 1 is 0.765 bits per heavy atom. The third-order valence-corrected chi connectivity index (χ3v) is 6.69. The molecule has 6 nitrogen and oxygen atoms in total. The quantitative estimate of drug-likeness (QED) is 0.474. The zero-order valence-corrected chi connectivity index (χ0v) is 21.3. The van der Waals surface area contributed by atoms with Crippen molar-refractivity contribution in [2.45, 2.75) is 63.9 Å². The van der Waals surface area contributed by atoms with Crippen molar-refractivity contribution in [2.75, 3.05) is 26.4 Å². The molecule has 2 aromatic carbocycles. The SMILES string of the molecule is Brc1ccccc1CCOC1CCCCO1.OB(O)c1ccccc1CCOC1CCCCO1. The summed E-state index contributed by atoms with van der Waals surface area (Å²) in [5, 5.41) is 18.5.